The Kier molecular flexibility index (Phi) is 5.14. The summed E-state index contributed by atoms with van der Waals surface area (Å²) < 4.78 is 0. The van der Waals surface area contributed by atoms with Crippen LogP contribution in [-0.4, -0.2) is 25.2 Å². The van der Waals surface area contributed by atoms with Gasteiger partial charge in [-0.15, -0.1) is 0 Å². The molecule has 0 bridgehead atoms. The van der Waals surface area contributed by atoms with Gasteiger partial charge in [-0.1, -0.05) is 36.4 Å². The third-order valence-electron chi connectivity index (χ3n) is 5.06. The summed E-state index contributed by atoms with van der Waals surface area (Å²) in [5.41, 5.74) is 5.12. The van der Waals surface area contributed by atoms with E-state index in [9.17, 15) is 9.59 Å². The monoisotopic (exact) mass is 385 g/mol. The van der Waals surface area contributed by atoms with E-state index in [4.69, 9.17) is 0 Å². The summed E-state index contributed by atoms with van der Waals surface area (Å²) in [6.45, 7) is 3.42. The molecule has 0 amide bonds. The quantitative estimate of drug-likeness (QED) is 0.460. The van der Waals surface area contributed by atoms with E-state index in [0.29, 0.717) is 40.2 Å². The van der Waals surface area contributed by atoms with Gasteiger partial charge >= 0.3 is 0 Å². The minimum Gasteiger partial charge on any atom is -0.385 e. The van der Waals surface area contributed by atoms with Crippen molar-refractivity contribution in [2.24, 2.45) is 0 Å². The highest BCUT2D eigenvalue weighted by atomic mass is 16.1. The van der Waals surface area contributed by atoms with Crippen molar-refractivity contribution in [1.29, 1.82) is 0 Å². The normalized spacial score (nSPS) is 12.3. The fraction of sp³-hybridized carbons (Fsp3) is 0.167. The molecule has 0 aliphatic heterocycles. The number of nitrogens with one attached hydrogen (secondary N) is 3. The summed E-state index contributed by atoms with van der Waals surface area (Å²) in [7, 11) is 1.91. The molecule has 0 unspecified atom stereocenters. The summed E-state index contributed by atoms with van der Waals surface area (Å²) in [5.74, 6) is -0.261. The van der Waals surface area contributed by atoms with E-state index in [1.807, 2.05) is 50.4 Å². The Balaban J connectivity index is 1.80. The van der Waals surface area contributed by atoms with Crippen molar-refractivity contribution in [3.8, 4) is 0 Å². The van der Waals surface area contributed by atoms with Crippen molar-refractivity contribution in [1.82, 2.24) is 5.32 Å². The molecule has 0 fully saturated rings. The van der Waals surface area contributed by atoms with Crippen LogP contribution in [0, 0.1) is 0 Å². The lowest BCUT2D eigenvalue weighted by Crippen LogP contribution is -2.23. The van der Waals surface area contributed by atoms with E-state index in [1.165, 1.54) is 5.56 Å². The molecule has 1 aliphatic carbocycles. The summed E-state index contributed by atoms with van der Waals surface area (Å²) in [6, 6.07) is 18.7. The molecule has 0 atom stereocenters. The van der Waals surface area contributed by atoms with Gasteiger partial charge in [-0.2, -0.15) is 0 Å². The topological polar surface area (TPSA) is 70.2 Å². The first-order chi connectivity index (χ1) is 14.1. The van der Waals surface area contributed by atoms with Crippen molar-refractivity contribution < 1.29 is 9.59 Å². The Hall–Kier alpha value is -3.44. The number of rotatable bonds is 6. The van der Waals surface area contributed by atoms with Crippen LogP contribution in [0.15, 0.2) is 60.7 Å². The maximum Gasteiger partial charge on any atom is 0.196 e. The number of carbonyl (C=O) groups excluding carboxylic acids is 2. The van der Waals surface area contributed by atoms with Gasteiger partial charge in [0.2, 0.25) is 0 Å². The lowest BCUT2D eigenvalue weighted by atomic mass is 9.82. The van der Waals surface area contributed by atoms with E-state index >= 15 is 0 Å². The SMILES string of the molecule is CCNc1ccc(Nc2ccc(CNC)cc2)c2c1C(=O)c1ccccc1C2=O. The van der Waals surface area contributed by atoms with Crippen LogP contribution in [0.1, 0.15) is 44.3 Å². The summed E-state index contributed by atoms with van der Waals surface area (Å²) >= 11 is 0. The van der Waals surface area contributed by atoms with Crippen molar-refractivity contribution in [2.75, 3.05) is 24.2 Å². The number of hydrogen-bond donors (Lipinski definition) is 3. The zero-order valence-corrected chi connectivity index (χ0v) is 16.5. The lowest BCUT2D eigenvalue weighted by molar-refractivity contribution is 0.0980. The van der Waals surface area contributed by atoms with Crippen LogP contribution in [0.4, 0.5) is 17.1 Å². The predicted octanol–water partition coefficient (Wildman–Crippen LogP) is 4.36. The maximum atomic E-state index is 13.3. The summed E-state index contributed by atoms with van der Waals surface area (Å²) in [4.78, 5) is 26.6. The molecule has 0 spiro atoms. The van der Waals surface area contributed by atoms with Gasteiger partial charge in [-0.3, -0.25) is 9.59 Å². The molecule has 1 aliphatic rings. The Bertz CT molecular complexity index is 1090. The zero-order valence-electron chi connectivity index (χ0n) is 16.5. The lowest BCUT2D eigenvalue weighted by Gasteiger charge is -2.23. The van der Waals surface area contributed by atoms with Gasteiger partial charge in [0.15, 0.2) is 11.6 Å². The molecule has 146 valence electrons. The van der Waals surface area contributed by atoms with Gasteiger partial charge < -0.3 is 16.0 Å². The van der Waals surface area contributed by atoms with Gasteiger partial charge in [0.05, 0.1) is 16.8 Å². The molecule has 3 aromatic carbocycles. The van der Waals surface area contributed by atoms with Gasteiger partial charge in [0.1, 0.15) is 0 Å². The molecular formula is C24H23N3O2. The second kappa shape index (κ2) is 7.89. The number of ketones is 2. The highest BCUT2D eigenvalue weighted by molar-refractivity contribution is 6.32. The van der Waals surface area contributed by atoms with Crippen LogP contribution in [0.3, 0.4) is 0 Å². The molecular weight excluding hydrogens is 362 g/mol. The van der Waals surface area contributed by atoms with Crippen LogP contribution in [0.5, 0.6) is 0 Å². The number of carbonyl (C=O) groups is 2. The number of hydrogen-bond acceptors (Lipinski definition) is 5. The smallest absolute Gasteiger partial charge is 0.196 e. The van der Waals surface area contributed by atoms with E-state index in [1.54, 1.807) is 24.3 Å². The second-order valence-electron chi connectivity index (χ2n) is 7.00. The summed E-state index contributed by atoms with van der Waals surface area (Å²) in [5, 5.41) is 9.68. The molecule has 0 aromatic heterocycles. The average Bonchev–Trinajstić information content (AvgIpc) is 2.74. The van der Waals surface area contributed by atoms with Crippen molar-refractivity contribution in [3.05, 3.63) is 88.5 Å². The van der Waals surface area contributed by atoms with Crippen LogP contribution in [0.2, 0.25) is 0 Å². The van der Waals surface area contributed by atoms with Gasteiger partial charge in [-0.25, -0.2) is 0 Å². The van der Waals surface area contributed by atoms with E-state index in [-0.39, 0.29) is 11.6 Å². The van der Waals surface area contributed by atoms with E-state index in [0.717, 1.165) is 12.2 Å². The van der Waals surface area contributed by atoms with Crippen molar-refractivity contribution >= 4 is 28.6 Å². The third-order valence-corrected chi connectivity index (χ3v) is 5.06. The average molecular weight is 385 g/mol. The largest absolute Gasteiger partial charge is 0.385 e. The first-order valence-electron chi connectivity index (χ1n) is 9.74. The Morgan fingerprint density at radius 3 is 1.93 bits per heavy atom. The molecule has 5 nitrogen and oxygen atoms in total. The van der Waals surface area contributed by atoms with Crippen LogP contribution < -0.4 is 16.0 Å². The van der Waals surface area contributed by atoms with Crippen LogP contribution in [0.25, 0.3) is 0 Å². The molecule has 3 N–H and O–H groups in total. The first-order valence-corrected chi connectivity index (χ1v) is 9.74. The van der Waals surface area contributed by atoms with Crippen molar-refractivity contribution in [2.45, 2.75) is 13.5 Å². The molecule has 0 radical (unpaired) electrons. The Labute approximate surface area is 170 Å². The number of fused-ring (bicyclic) bond motifs is 2. The van der Waals surface area contributed by atoms with Crippen LogP contribution in [-0.2, 0) is 6.54 Å². The fourth-order valence-corrected chi connectivity index (χ4v) is 3.73. The minimum absolute atomic E-state index is 0.126. The third kappa shape index (κ3) is 3.41. The summed E-state index contributed by atoms with van der Waals surface area (Å²) in [6.07, 6.45) is 0. The van der Waals surface area contributed by atoms with E-state index < -0.39 is 0 Å². The molecule has 0 saturated heterocycles. The Morgan fingerprint density at radius 2 is 1.34 bits per heavy atom. The maximum absolute atomic E-state index is 13.3. The number of anilines is 3. The van der Waals surface area contributed by atoms with Gasteiger partial charge in [0.25, 0.3) is 0 Å². The minimum atomic E-state index is -0.135. The highest BCUT2D eigenvalue weighted by Gasteiger charge is 2.33. The predicted molar refractivity (Wildman–Crippen MR) is 116 cm³/mol. The van der Waals surface area contributed by atoms with E-state index in [2.05, 4.69) is 16.0 Å². The Morgan fingerprint density at radius 1 is 0.759 bits per heavy atom. The number of benzene rings is 3. The van der Waals surface area contributed by atoms with Gasteiger partial charge in [-0.05, 0) is 43.8 Å². The standard InChI is InChI=1S/C24H23N3O2/c1-3-26-19-12-13-20(27-16-10-8-15(9-11-16)14-25-2)22-21(19)23(28)17-6-4-5-7-18(17)24(22)29/h4-13,25-27H,3,14H2,1-2H3. The first kappa shape index (κ1) is 18.9. The molecule has 29 heavy (non-hydrogen) atoms. The molecule has 0 saturated carbocycles. The van der Waals surface area contributed by atoms with Gasteiger partial charge in [0, 0.05) is 35.6 Å². The molecule has 4 rings (SSSR count). The second-order valence-corrected chi connectivity index (χ2v) is 7.00. The van der Waals surface area contributed by atoms with Crippen molar-refractivity contribution in [3.63, 3.8) is 0 Å². The molecule has 5 heteroatoms. The molecule has 3 aromatic rings. The zero-order chi connectivity index (χ0) is 20.4. The van der Waals surface area contributed by atoms with Crippen LogP contribution >= 0.6 is 0 Å². The molecule has 0 heterocycles. The highest BCUT2D eigenvalue weighted by Crippen LogP contribution is 2.37. The fourth-order valence-electron chi connectivity index (χ4n) is 3.73.